The molecule has 0 heterocycles. The van der Waals surface area contributed by atoms with Gasteiger partial charge in [0.15, 0.2) is 0 Å². The molecule has 0 saturated heterocycles. The Morgan fingerprint density at radius 3 is 2.47 bits per heavy atom. The summed E-state index contributed by atoms with van der Waals surface area (Å²) in [6.07, 6.45) is 1.19. The normalized spacial score (nSPS) is 11.2. The van der Waals surface area contributed by atoms with Gasteiger partial charge < -0.3 is 9.84 Å². The van der Waals surface area contributed by atoms with Crippen LogP contribution < -0.4 is 4.74 Å². The lowest BCUT2D eigenvalue weighted by Gasteiger charge is -2.04. The summed E-state index contributed by atoms with van der Waals surface area (Å²) in [5.74, 6) is -0.134. The van der Waals surface area contributed by atoms with E-state index in [9.17, 15) is 4.79 Å². The number of aliphatic carboxylic acids is 1. The Hall–Kier alpha value is -1.77. The van der Waals surface area contributed by atoms with Crippen molar-refractivity contribution in [2.75, 3.05) is 6.61 Å². The molecule has 0 aliphatic heterocycles. The quantitative estimate of drug-likeness (QED) is 0.770. The van der Waals surface area contributed by atoms with Crippen LogP contribution in [-0.4, -0.2) is 17.7 Å². The molecular weight excluding hydrogens is 192 g/mol. The molecule has 0 unspecified atom stereocenters. The molecule has 1 rings (SSSR count). The van der Waals surface area contributed by atoms with Crippen molar-refractivity contribution in [2.45, 2.75) is 13.8 Å². The van der Waals surface area contributed by atoms with Gasteiger partial charge in [-0.25, -0.2) is 4.79 Å². The highest BCUT2D eigenvalue weighted by Gasteiger charge is 1.99. The van der Waals surface area contributed by atoms with E-state index in [4.69, 9.17) is 9.84 Å². The summed E-state index contributed by atoms with van der Waals surface area (Å²) in [6.45, 7) is 4.32. The van der Waals surface area contributed by atoms with Crippen LogP contribution in [0.3, 0.4) is 0 Å². The van der Waals surface area contributed by atoms with Crippen LogP contribution in [0.4, 0.5) is 0 Å². The zero-order chi connectivity index (χ0) is 11.3. The highest BCUT2D eigenvalue weighted by atomic mass is 16.5. The molecule has 3 heteroatoms. The average Bonchev–Trinajstić information content (AvgIpc) is 2.18. The van der Waals surface area contributed by atoms with E-state index in [0.29, 0.717) is 6.61 Å². The Morgan fingerprint density at radius 2 is 2.00 bits per heavy atom. The number of rotatable bonds is 4. The summed E-state index contributed by atoms with van der Waals surface area (Å²) in [5, 5.41) is 8.58. The van der Waals surface area contributed by atoms with Gasteiger partial charge in [-0.1, -0.05) is 12.1 Å². The standard InChI is InChI=1S/C12H14O3/c1-3-15-11-6-4-10(5-7-11)9(2)8-12(13)14/h4-8H,3H2,1-2H3,(H,13,14)/b9-8+. The largest absolute Gasteiger partial charge is 0.494 e. The highest BCUT2D eigenvalue weighted by Crippen LogP contribution is 2.18. The Bertz CT molecular complexity index is 363. The fourth-order valence-electron chi connectivity index (χ4n) is 1.25. The second-order valence-corrected chi connectivity index (χ2v) is 3.12. The van der Waals surface area contributed by atoms with Crippen molar-refractivity contribution in [3.05, 3.63) is 35.9 Å². The third-order valence-electron chi connectivity index (χ3n) is 1.96. The van der Waals surface area contributed by atoms with Crippen LogP contribution in [0.1, 0.15) is 19.4 Å². The highest BCUT2D eigenvalue weighted by molar-refractivity contribution is 5.89. The molecule has 1 aromatic carbocycles. The molecule has 15 heavy (non-hydrogen) atoms. The number of benzene rings is 1. The molecule has 0 atom stereocenters. The van der Waals surface area contributed by atoms with Crippen LogP contribution >= 0.6 is 0 Å². The topological polar surface area (TPSA) is 46.5 Å². The molecule has 0 amide bonds. The molecule has 0 aromatic heterocycles. The van der Waals surface area contributed by atoms with Crippen molar-refractivity contribution in [2.24, 2.45) is 0 Å². The van der Waals surface area contributed by atoms with Gasteiger partial charge in [0.1, 0.15) is 5.75 Å². The van der Waals surface area contributed by atoms with E-state index in [2.05, 4.69) is 0 Å². The third-order valence-corrected chi connectivity index (χ3v) is 1.96. The van der Waals surface area contributed by atoms with Crippen LogP contribution in [0.15, 0.2) is 30.3 Å². The lowest BCUT2D eigenvalue weighted by atomic mass is 10.1. The Balaban J connectivity index is 2.84. The van der Waals surface area contributed by atoms with Crippen molar-refractivity contribution in [1.82, 2.24) is 0 Å². The molecule has 80 valence electrons. The van der Waals surface area contributed by atoms with Gasteiger partial charge in [-0.3, -0.25) is 0 Å². The summed E-state index contributed by atoms with van der Waals surface area (Å²) in [6, 6.07) is 7.36. The van der Waals surface area contributed by atoms with Crippen LogP contribution in [-0.2, 0) is 4.79 Å². The van der Waals surface area contributed by atoms with E-state index in [-0.39, 0.29) is 0 Å². The van der Waals surface area contributed by atoms with Crippen molar-refractivity contribution < 1.29 is 14.6 Å². The molecule has 1 N–H and O–H groups in total. The van der Waals surface area contributed by atoms with E-state index in [1.807, 2.05) is 31.2 Å². The van der Waals surface area contributed by atoms with Crippen LogP contribution in [0.5, 0.6) is 5.75 Å². The van der Waals surface area contributed by atoms with Gasteiger partial charge in [0.25, 0.3) is 0 Å². The summed E-state index contributed by atoms with van der Waals surface area (Å²) in [5.41, 5.74) is 1.62. The minimum atomic E-state index is -0.929. The molecule has 0 spiro atoms. The van der Waals surface area contributed by atoms with Crippen molar-refractivity contribution in [3.63, 3.8) is 0 Å². The molecule has 0 bridgehead atoms. The van der Waals surface area contributed by atoms with Gasteiger partial charge in [-0.15, -0.1) is 0 Å². The molecular formula is C12H14O3. The predicted octanol–water partition coefficient (Wildman–Crippen LogP) is 2.57. The lowest BCUT2D eigenvalue weighted by molar-refractivity contribution is -0.131. The third kappa shape index (κ3) is 3.46. The minimum absolute atomic E-state index is 0.628. The average molecular weight is 206 g/mol. The van der Waals surface area contributed by atoms with E-state index in [1.54, 1.807) is 6.92 Å². The SMILES string of the molecule is CCOc1ccc(/C(C)=C/C(=O)O)cc1. The number of carbonyl (C=O) groups is 1. The summed E-state index contributed by atoms with van der Waals surface area (Å²) in [4.78, 5) is 10.5. The van der Waals surface area contributed by atoms with Gasteiger partial charge in [-0.2, -0.15) is 0 Å². The van der Waals surface area contributed by atoms with Crippen molar-refractivity contribution >= 4 is 11.5 Å². The maximum absolute atomic E-state index is 10.5. The lowest BCUT2D eigenvalue weighted by Crippen LogP contribution is -1.92. The Morgan fingerprint density at radius 1 is 1.40 bits per heavy atom. The number of allylic oxidation sites excluding steroid dienone is 1. The zero-order valence-corrected chi connectivity index (χ0v) is 8.86. The van der Waals surface area contributed by atoms with E-state index in [0.717, 1.165) is 16.9 Å². The van der Waals surface area contributed by atoms with Gasteiger partial charge in [0, 0.05) is 6.08 Å². The number of carboxylic acids is 1. The molecule has 1 aromatic rings. The van der Waals surface area contributed by atoms with E-state index in [1.165, 1.54) is 6.08 Å². The van der Waals surface area contributed by atoms with Crippen molar-refractivity contribution in [3.8, 4) is 5.75 Å². The fraction of sp³-hybridized carbons (Fsp3) is 0.250. The number of hydrogen-bond acceptors (Lipinski definition) is 2. The molecule has 0 aliphatic rings. The minimum Gasteiger partial charge on any atom is -0.494 e. The fourth-order valence-corrected chi connectivity index (χ4v) is 1.25. The Kier molecular flexibility index (Phi) is 3.92. The van der Waals surface area contributed by atoms with E-state index < -0.39 is 5.97 Å². The first-order valence-electron chi connectivity index (χ1n) is 4.78. The molecule has 0 fully saturated rings. The monoisotopic (exact) mass is 206 g/mol. The van der Waals surface area contributed by atoms with Crippen LogP contribution in [0.2, 0.25) is 0 Å². The van der Waals surface area contributed by atoms with Gasteiger partial charge >= 0.3 is 5.97 Å². The Labute approximate surface area is 89.0 Å². The van der Waals surface area contributed by atoms with Crippen molar-refractivity contribution in [1.29, 1.82) is 0 Å². The number of carboxylic acid groups (broad SMARTS) is 1. The molecule has 0 saturated carbocycles. The summed E-state index contributed by atoms with van der Waals surface area (Å²) in [7, 11) is 0. The summed E-state index contributed by atoms with van der Waals surface area (Å²) < 4.78 is 5.29. The second-order valence-electron chi connectivity index (χ2n) is 3.12. The van der Waals surface area contributed by atoms with Gasteiger partial charge in [0.05, 0.1) is 6.61 Å². The smallest absolute Gasteiger partial charge is 0.328 e. The van der Waals surface area contributed by atoms with Gasteiger partial charge in [0.2, 0.25) is 0 Å². The molecule has 0 aliphatic carbocycles. The maximum Gasteiger partial charge on any atom is 0.328 e. The first kappa shape index (κ1) is 11.3. The molecule has 0 radical (unpaired) electrons. The first-order valence-corrected chi connectivity index (χ1v) is 4.78. The van der Waals surface area contributed by atoms with Crippen LogP contribution in [0, 0.1) is 0 Å². The first-order chi connectivity index (χ1) is 7.13. The number of ether oxygens (including phenoxy) is 1. The zero-order valence-electron chi connectivity index (χ0n) is 8.86. The summed E-state index contributed by atoms with van der Waals surface area (Å²) >= 11 is 0. The second kappa shape index (κ2) is 5.20. The van der Waals surface area contributed by atoms with Gasteiger partial charge in [-0.05, 0) is 37.1 Å². The predicted molar refractivity (Wildman–Crippen MR) is 58.9 cm³/mol. The molecule has 3 nitrogen and oxygen atoms in total. The number of hydrogen-bond donors (Lipinski definition) is 1. The maximum atomic E-state index is 10.5. The van der Waals surface area contributed by atoms with E-state index >= 15 is 0 Å². The van der Waals surface area contributed by atoms with Crippen LogP contribution in [0.25, 0.3) is 5.57 Å².